The van der Waals surface area contributed by atoms with Crippen LogP contribution in [0.4, 0.5) is 0 Å². The topological polar surface area (TPSA) is 26.3 Å². The van der Waals surface area contributed by atoms with Gasteiger partial charge in [0.2, 0.25) is 0 Å². The van der Waals surface area contributed by atoms with E-state index in [2.05, 4.69) is 26.5 Å². The van der Waals surface area contributed by atoms with Crippen LogP contribution in [0.2, 0.25) is 0 Å². The zero-order valence-electron chi connectivity index (χ0n) is 9.82. The van der Waals surface area contributed by atoms with E-state index in [1.165, 1.54) is 11.6 Å². The fourth-order valence-corrected chi connectivity index (χ4v) is 1.90. The molecule has 0 aromatic heterocycles. The van der Waals surface area contributed by atoms with E-state index in [-0.39, 0.29) is 12.1 Å². The first-order valence-electron chi connectivity index (χ1n) is 5.54. The number of rotatable bonds is 3. The Balaban J connectivity index is 2.63. The minimum atomic E-state index is -0.322. The molecule has 0 amide bonds. The molecule has 0 N–H and O–H groups in total. The van der Waals surface area contributed by atoms with Gasteiger partial charge in [-0.15, -0.1) is 0 Å². The lowest BCUT2D eigenvalue weighted by Gasteiger charge is -2.30. The van der Waals surface area contributed by atoms with Crippen molar-refractivity contribution in [3.05, 3.63) is 24.3 Å². The highest BCUT2D eigenvalue weighted by molar-refractivity contribution is 5.81. The minimum Gasteiger partial charge on any atom is -0.455 e. The largest absolute Gasteiger partial charge is 0.455 e. The number of carbonyl (C=O) groups excluding carboxylic acids is 1. The smallest absolute Gasteiger partial charge is 0.330 e. The number of ether oxygens (including phenoxy) is 1. The zero-order valence-corrected chi connectivity index (χ0v) is 9.82. The Labute approximate surface area is 92.0 Å². The fourth-order valence-electron chi connectivity index (χ4n) is 1.90. The molecular formula is C13H20O2. The molecule has 2 nitrogen and oxygen atoms in total. The second-order valence-electron chi connectivity index (χ2n) is 4.55. The average molecular weight is 208 g/mol. The van der Waals surface area contributed by atoms with Gasteiger partial charge in [-0.25, -0.2) is 4.79 Å². The molecule has 0 saturated heterocycles. The maximum atomic E-state index is 11.1. The first-order valence-corrected chi connectivity index (χ1v) is 5.54. The predicted molar refractivity (Wildman–Crippen MR) is 61.4 cm³/mol. The lowest BCUT2D eigenvalue weighted by Crippen LogP contribution is -2.27. The second-order valence-corrected chi connectivity index (χ2v) is 4.55. The predicted octanol–water partition coefficient (Wildman–Crippen LogP) is 3.10. The van der Waals surface area contributed by atoms with E-state index in [4.69, 9.17) is 4.74 Å². The van der Waals surface area contributed by atoms with Crippen LogP contribution in [0.5, 0.6) is 0 Å². The summed E-state index contributed by atoms with van der Waals surface area (Å²) >= 11 is 0. The third-order valence-electron chi connectivity index (χ3n) is 3.14. The van der Waals surface area contributed by atoms with Crippen molar-refractivity contribution in [1.29, 1.82) is 0 Å². The molecule has 0 heterocycles. The molecule has 15 heavy (non-hydrogen) atoms. The molecule has 0 aromatic carbocycles. The SMILES string of the molecule is C=CC(=O)O[C@@H]1C[C@H](C(C)C)CC=C1C. The van der Waals surface area contributed by atoms with Gasteiger partial charge in [-0.1, -0.05) is 26.5 Å². The Bertz CT molecular complexity index is 276. The maximum Gasteiger partial charge on any atom is 0.330 e. The Morgan fingerprint density at radius 3 is 2.87 bits per heavy atom. The molecule has 0 aliphatic heterocycles. The van der Waals surface area contributed by atoms with Crippen LogP contribution in [0.15, 0.2) is 24.3 Å². The molecule has 0 unspecified atom stereocenters. The number of hydrogen-bond donors (Lipinski definition) is 0. The van der Waals surface area contributed by atoms with Gasteiger partial charge in [0.15, 0.2) is 0 Å². The lowest BCUT2D eigenvalue weighted by atomic mass is 9.81. The van der Waals surface area contributed by atoms with Crippen LogP contribution in [0.1, 0.15) is 33.6 Å². The van der Waals surface area contributed by atoms with Crippen LogP contribution in [0.25, 0.3) is 0 Å². The van der Waals surface area contributed by atoms with Gasteiger partial charge in [-0.05, 0) is 37.2 Å². The molecule has 0 fully saturated rings. The van der Waals surface area contributed by atoms with E-state index in [0.717, 1.165) is 12.8 Å². The Morgan fingerprint density at radius 2 is 2.33 bits per heavy atom. The molecule has 2 atom stereocenters. The fraction of sp³-hybridized carbons (Fsp3) is 0.615. The molecule has 84 valence electrons. The molecule has 0 saturated carbocycles. The van der Waals surface area contributed by atoms with E-state index in [1.807, 2.05) is 6.92 Å². The standard InChI is InChI=1S/C13H20O2/c1-5-13(14)15-12-8-11(9(2)3)7-6-10(12)4/h5-6,9,11-12H,1,7-8H2,2-4H3/t11-,12-/m1/s1. The molecule has 0 bridgehead atoms. The van der Waals surface area contributed by atoms with Crippen molar-refractivity contribution in [3.8, 4) is 0 Å². The van der Waals surface area contributed by atoms with Crippen LogP contribution in [0.3, 0.4) is 0 Å². The van der Waals surface area contributed by atoms with E-state index >= 15 is 0 Å². The van der Waals surface area contributed by atoms with E-state index in [1.54, 1.807) is 0 Å². The first kappa shape index (κ1) is 12.0. The van der Waals surface area contributed by atoms with Gasteiger partial charge < -0.3 is 4.74 Å². The van der Waals surface area contributed by atoms with Gasteiger partial charge in [-0.3, -0.25) is 0 Å². The summed E-state index contributed by atoms with van der Waals surface area (Å²) in [7, 11) is 0. The summed E-state index contributed by atoms with van der Waals surface area (Å²) in [5.41, 5.74) is 1.17. The van der Waals surface area contributed by atoms with Crippen molar-refractivity contribution in [2.75, 3.05) is 0 Å². The quantitative estimate of drug-likeness (QED) is 0.405. The molecular weight excluding hydrogens is 188 g/mol. The molecule has 1 aliphatic carbocycles. The van der Waals surface area contributed by atoms with Gasteiger partial charge in [0, 0.05) is 6.08 Å². The molecule has 0 radical (unpaired) electrons. The molecule has 1 aliphatic rings. The van der Waals surface area contributed by atoms with E-state index in [0.29, 0.717) is 11.8 Å². The van der Waals surface area contributed by atoms with Crippen LogP contribution in [-0.2, 0) is 9.53 Å². The average Bonchev–Trinajstić information content (AvgIpc) is 2.20. The number of carbonyl (C=O) groups is 1. The summed E-state index contributed by atoms with van der Waals surface area (Å²) in [4.78, 5) is 11.1. The van der Waals surface area contributed by atoms with Crippen LogP contribution in [0, 0.1) is 11.8 Å². The number of esters is 1. The summed E-state index contributed by atoms with van der Waals surface area (Å²) in [6, 6.07) is 0. The summed E-state index contributed by atoms with van der Waals surface area (Å²) in [5.74, 6) is 0.938. The van der Waals surface area contributed by atoms with Crippen molar-refractivity contribution in [2.45, 2.75) is 39.7 Å². The van der Waals surface area contributed by atoms with Crippen molar-refractivity contribution in [3.63, 3.8) is 0 Å². The van der Waals surface area contributed by atoms with Crippen LogP contribution >= 0.6 is 0 Å². The third kappa shape index (κ3) is 3.22. The number of hydrogen-bond acceptors (Lipinski definition) is 2. The highest BCUT2D eigenvalue weighted by Gasteiger charge is 2.26. The highest BCUT2D eigenvalue weighted by Crippen LogP contribution is 2.30. The minimum absolute atomic E-state index is 0.0448. The summed E-state index contributed by atoms with van der Waals surface area (Å²) < 4.78 is 5.31. The van der Waals surface area contributed by atoms with Crippen molar-refractivity contribution in [2.24, 2.45) is 11.8 Å². The van der Waals surface area contributed by atoms with Gasteiger partial charge in [-0.2, -0.15) is 0 Å². The molecule has 0 aromatic rings. The maximum absolute atomic E-state index is 11.1. The number of allylic oxidation sites excluding steroid dienone is 1. The van der Waals surface area contributed by atoms with Crippen molar-refractivity contribution in [1.82, 2.24) is 0 Å². The Kier molecular flexibility index (Phi) is 4.13. The first-order chi connectivity index (χ1) is 7.04. The molecule has 0 spiro atoms. The molecule has 1 rings (SSSR count). The summed E-state index contributed by atoms with van der Waals surface area (Å²) in [6.45, 7) is 9.86. The normalized spacial score (nSPS) is 26.0. The summed E-state index contributed by atoms with van der Waals surface area (Å²) in [6.07, 6.45) is 5.42. The highest BCUT2D eigenvalue weighted by atomic mass is 16.5. The Hall–Kier alpha value is -1.05. The van der Waals surface area contributed by atoms with E-state index < -0.39 is 0 Å². The zero-order chi connectivity index (χ0) is 11.4. The van der Waals surface area contributed by atoms with E-state index in [9.17, 15) is 4.79 Å². The van der Waals surface area contributed by atoms with Gasteiger partial charge in [0.25, 0.3) is 0 Å². The molecule has 2 heteroatoms. The van der Waals surface area contributed by atoms with Crippen LogP contribution < -0.4 is 0 Å². The van der Waals surface area contributed by atoms with Gasteiger partial charge in [0.05, 0.1) is 0 Å². The van der Waals surface area contributed by atoms with Crippen LogP contribution in [-0.4, -0.2) is 12.1 Å². The Morgan fingerprint density at radius 1 is 1.67 bits per heavy atom. The van der Waals surface area contributed by atoms with Gasteiger partial charge in [0.1, 0.15) is 6.10 Å². The third-order valence-corrected chi connectivity index (χ3v) is 3.14. The van der Waals surface area contributed by atoms with Gasteiger partial charge >= 0.3 is 5.97 Å². The lowest BCUT2D eigenvalue weighted by molar-refractivity contribution is -0.142. The summed E-state index contributed by atoms with van der Waals surface area (Å²) in [5, 5.41) is 0. The second kappa shape index (κ2) is 5.15. The van der Waals surface area contributed by atoms with Crippen molar-refractivity contribution < 1.29 is 9.53 Å². The van der Waals surface area contributed by atoms with Crippen molar-refractivity contribution >= 4 is 5.97 Å². The monoisotopic (exact) mass is 208 g/mol.